The number of hydrogen-bond donors (Lipinski definition) is 1. The Balaban J connectivity index is 2.00. The summed E-state index contributed by atoms with van der Waals surface area (Å²) in [6.07, 6.45) is 4.92. The van der Waals surface area contributed by atoms with Gasteiger partial charge < -0.3 is 5.11 Å². The van der Waals surface area contributed by atoms with E-state index in [1.165, 1.54) is 12.8 Å². The molecule has 106 valence electrons. The van der Waals surface area contributed by atoms with Crippen LogP contribution in [-0.2, 0) is 0 Å². The topological polar surface area (TPSA) is 45.0 Å². The van der Waals surface area contributed by atoms with Gasteiger partial charge in [0.05, 0.1) is 6.61 Å². The Morgan fingerprint density at radius 2 is 2.05 bits per heavy atom. The minimum Gasteiger partial charge on any atom is -0.396 e. The van der Waals surface area contributed by atoms with Gasteiger partial charge in [-0.2, -0.15) is 4.99 Å². The quantitative estimate of drug-likeness (QED) is 0.832. The first-order valence-electron chi connectivity index (χ1n) is 7.05. The van der Waals surface area contributed by atoms with Gasteiger partial charge in [-0.25, -0.2) is 0 Å². The van der Waals surface area contributed by atoms with Gasteiger partial charge >= 0.3 is 0 Å². The van der Waals surface area contributed by atoms with Gasteiger partial charge in [-0.05, 0) is 31.9 Å². The van der Waals surface area contributed by atoms with Crippen LogP contribution >= 0.6 is 11.6 Å². The van der Waals surface area contributed by atoms with Crippen molar-refractivity contribution in [2.45, 2.75) is 32.2 Å². The van der Waals surface area contributed by atoms with Crippen molar-refractivity contribution < 1.29 is 5.11 Å². The molecule has 1 aromatic rings. The van der Waals surface area contributed by atoms with Crippen molar-refractivity contribution in [3.05, 3.63) is 29.3 Å². The second-order valence-corrected chi connectivity index (χ2v) is 5.96. The highest BCUT2D eigenvalue weighted by atomic mass is 35.5. The van der Waals surface area contributed by atoms with E-state index in [0.29, 0.717) is 23.0 Å². The highest BCUT2D eigenvalue weighted by Gasteiger charge is 2.47. The van der Waals surface area contributed by atoms with Crippen molar-refractivity contribution in [1.82, 2.24) is 4.59 Å². The van der Waals surface area contributed by atoms with Crippen LogP contribution in [0.2, 0.25) is 5.02 Å². The molecule has 1 aliphatic heterocycles. The number of aliphatic hydroxyl groups excluding tert-OH is 1. The van der Waals surface area contributed by atoms with Crippen LogP contribution in [0.1, 0.15) is 26.2 Å². The van der Waals surface area contributed by atoms with Crippen LogP contribution in [0.15, 0.2) is 34.4 Å². The van der Waals surface area contributed by atoms with Crippen molar-refractivity contribution in [3.8, 4) is 0 Å². The summed E-state index contributed by atoms with van der Waals surface area (Å²) in [5.74, 6) is 1.41. The summed E-state index contributed by atoms with van der Waals surface area (Å²) in [6.45, 7) is 2.30. The lowest BCUT2D eigenvalue weighted by Crippen LogP contribution is -2.49. The number of amidine groups is 1. The predicted octanol–water partition coefficient (Wildman–Crippen LogP) is 3.18. The number of aliphatic imine (C=N–C) groups is 1. The van der Waals surface area contributed by atoms with E-state index in [9.17, 15) is 0 Å². The minimum atomic E-state index is 0.0780. The lowest BCUT2D eigenvalue weighted by atomic mass is 10.1. The fourth-order valence-electron chi connectivity index (χ4n) is 2.75. The number of quaternary nitrogens is 1. The fourth-order valence-corrected chi connectivity index (χ4v) is 2.87. The zero-order valence-electron chi connectivity index (χ0n) is 11.5. The zero-order chi connectivity index (χ0) is 14.2. The summed E-state index contributed by atoms with van der Waals surface area (Å²) in [4.78, 5) is 4.41. The monoisotopic (exact) mass is 292 g/mol. The predicted molar refractivity (Wildman–Crippen MR) is 83.1 cm³/mol. The molecule has 0 spiro atoms. The molecule has 2 unspecified atom stereocenters. The molecule has 0 bridgehead atoms. The average Bonchev–Trinajstić information content (AvgIpc) is 3.21. The molecule has 1 heterocycles. The summed E-state index contributed by atoms with van der Waals surface area (Å²) >= 11 is 5.99. The zero-order valence-corrected chi connectivity index (χ0v) is 12.3. The molecule has 1 aliphatic carbocycles. The largest absolute Gasteiger partial charge is 0.396 e. The van der Waals surface area contributed by atoms with E-state index in [0.717, 1.165) is 16.5 Å². The number of rotatable bonds is 5. The van der Waals surface area contributed by atoms with Gasteiger partial charge in [-0.15, -0.1) is 4.59 Å². The van der Waals surface area contributed by atoms with Gasteiger partial charge in [0.15, 0.2) is 11.5 Å². The molecule has 2 aliphatic rings. The third kappa shape index (κ3) is 2.39. The first kappa shape index (κ1) is 13.7. The SMILES string of the molecule is CC(C1CC1)[N+]1(c2ccc(Cl)cc2)C=NC(CCO)=N1. The normalized spacial score (nSPS) is 26.6. The van der Waals surface area contributed by atoms with E-state index in [2.05, 4.69) is 11.9 Å². The number of halogens is 1. The van der Waals surface area contributed by atoms with E-state index < -0.39 is 0 Å². The first-order valence-corrected chi connectivity index (χ1v) is 7.43. The maximum Gasteiger partial charge on any atom is 0.224 e. The molecule has 1 saturated carbocycles. The van der Waals surface area contributed by atoms with Gasteiger partial charge in [0.1, 0.15) is 6.04 Å². The van der Waals surface area contributed by atoms with Crippen LogP contribution in [0, 0.1) is 5.92 Å². The third-order valence-electron chi connectivity index (χ3n) is 4.16. The summed E-state index contributed by atoms with van der Waals surface area (Å²) in [7, 11) is 0. The van der Waals surface area contributed by atoms with Crippen molar-refractivity contribution >= 4 is 29.5 Å². The van der Waals surface area contributed by atoms with Crippen LogP contribution in [0.5, 0.6) is 0 Å². The molecular formula is C15H19ClN3O+. The summed E-state index contributed by atoms with van der Waals surface area (Å²) in [6, 6.07) is 8.17. The first-order chi connectivity index (χ1) is 9.65. The van der Waals surface area contributed by atoms with Crippen molar-refractivity contribution in [1.29, 1.82) is 0 Å². The smallest absolute Gasteiger partial charge is 0.224 e. The Morgan fingerprint density at radius 3 is 2.65 bits per heavy atom. The summed E-state index contributed by atoms with van der Waals surface area (Å²) in [5.41, 5.74) is 1.07. The Kier molecular flexibility index (Phi) is 3.63. The maximum atomic E-state index is 9.08. The van der Waals surface area contributed by atoms with E-state index in [1.54, 1.807) is 0 Å². The van der Waals surface area contributed by atoms with E-state index in [-0.39, 0.29) is 6.61 Å². The van der Waals surface area contributed by atoms with Crippen LogP contribution < -0.4 is 4.59 Å². The summed E-state index contributed by atoms with van der Waals surface area (Å²) < 4.78 is 0.400. The molecule has 5 heteroatoms. The highest BCUT2D eigenvalue weighted by molar-refractivity contribution is 6.30. The molecule has 0 aromatic heterocycles. The maximum absolute atomic E-state index is 9.08. The Bertz CT molecular complexity index is 551. The van der Waals surface area contributed by atoms with Gasteiger partial charge in [0.2, 0.25) is 6.34 Å². The van der Waals surface area contributed by atoms with Crippen LogP contribution in [0.3, 0.4) is 0 Å². The molecule has 0 saturated heterocycles. The van der Waals surface area contributed by atoms with Crippen molar-refractivity contribution in [2.24, 2.45) is 16.0 Å². The second-order valence-electron chi connectivity index (χ2n) is 5.53. The summed E-state index contributed by atoms with van der Waals surface area (Å²) in [5, 5.41) is 14.6. The molecule has 1 N–H and O–H groups in total. The number of aliphatic hydroxyl groups is 1. The lowest BCUT2D eigenvalue weighted by Gasteiger charge is -2.30. The standard InChI is InChI=1S/C15H19ClN3O/c1-11(12-2-3-12)19(10-17-15(18-19)8-9-20)14-6-4-13(16)5-7-14/h4-7,10-12,20H,2-3,8-9H2,1H3/q+1. The highest BCUT2D eigenvalue weighted by Crippen LogP contribution is 2.42. The molecular weight excluding hydrogens is 274 g/mol. The van der Waals surface area contributed by atoms with Gasteiger partial charge in [0.25, 0.3) is 0 Å². The minimum absolute atomic E-state index is 0.0780. The van der Waals surface area contributed by atoms with E-state index >= 15 is 0 Å². The van der Waals surface area contributed by atoms with E-state index in [1.807, 2.05) is 30.6 Å². The Labute approximate surface area is 124 Å². The van der Waals surface area contributed by atoms with Crippen molar-refractivity contribution in [3.63, 3.8) is 0 Å². The molecule has 2 atom stereocenters. The number of hydrogen-bond acceptors (Lipinski definition) is 3. The lowest BCUT2D eigenvalue weighted by molar-refractivity contribution is 0.303. The van der Waals surface area contributed by atoms with Gasteiger partial charge in [-0.1, -0.05) is 16.7 Å². The molecule has 0 amide bonds. The fraction of sp³-hybridized carbons (Fsp3) is 0.467. The van der Waals surface area contributed by atoms with Crippen LogP contribution in [-0.4, -0.2) is 29.9 Å². The molecule has 1 aromatic carbocycles. The van der Waals surface area contributed by atoms with E-state index in [4.69, 9.17) is 21.8 Å². The average molecular weight is 293 g/mol. The van der Waals surface area contributed by atoms with Crippen LogP contribution in [0.4, 0.5) is 5.69 Å². The number of benzene rings is 1. The molecule has 0 radical (unpaired) electrons. The second kappa shape index (κ2) is 5.28. The molecule has 4 nitrogen and oxygen atoms in total. The molecule has 20 heavy (non-hydrogen) atoms. The third-order valence-corrected chi connectivity index (χ3v) is 4.42. The van der Waals surface area contributed by atoms with Gasteiger partial charge in [-0.3, -0.25) is 0 Å². The Hall–Kier alpha value is -1.23. The van der Waals surface area contributed by atoms with Crippen molar-refractivity contribution in [2.75, 3.05) is 6.61 Å². The Morgan fingerprint density at radius 1 is 1.35 bits per heavy atom. The van der Waals surface area contributed by atoms with Crippen LogP contribution in [0.25, 0.3) is 0 Å². The van der Waals surface area contributed by atoms with Gasteiger partial charge in [0, 0.05) is 29.5 Å². The molecule has 3 rings (SSSR count). The number of nitrogens with zero attached hydrogens (tertiary/aromatic N) is 3. The molecule has 1 fully saturated rings.